The normalized spacial score (nSPS) is 16.6. The summed E-state index contributed by atoms with van der Waals surface area (Å²) >= 11 is 7.51. The van der Waals surface area contributed by atoms with E-state index in [-0.39, 0.29) is 23.4 Å². The quantitative estimate of drug-likeness (QED) is 0.672. The molecule has 0 aliphatic heterocycles. The van der Waals surface area contributed by atoms with Crippen molar-refractivity contribution in [3.63, 3.8) is 0 Å². The van der Waals surface area contributed by atoms with Crippen LogP contribution < -0.4 is 10.9 Å². The summed E-state index contributed by atoms with van der Waals surface area (Å²) in [5.74, 6) is 0.238. The van der Waals surface area contributed by atoms with Crippen molar-refractivity contribution in [2.24, 2.45) is 11.3 Å². The number of hydrogen-bond acceptors (Lipinski definition) is 5. The Morgan fingerprint density at radius 3 is 2.90 bits per heavy atom. The van der Waals surface area contributed by atoms with Gasteiger partial charge in [0.15, 0.2) is 4.83 Å². The molecule has 1 unspecified atom stereocenters. The van der Waals surface area contributed by atoms with Gasteiger partial charge in [-0.1, -0.05) is 43.7 Å². The Bertz CT molecular complexity index is 1150. The van der Waals surface area contributed by atoms with E-state index in [0.29, 0.717) is 26.8 Å². The lowest BCUT2D eigenvalue weighted by molar-refractivity contribution is -0.117. The monoisotopic (exact) mass is 430 g/mol. The van der Waals surface area contributed by atoms with Crippen molar-refractivity contribution in [2.75, 3.05) is 5.32 Å². The van der Waals surface area contributed by atoms with Crippen LogP contribution in [0.2, 0.25) is 5.02 Å². The first-order valence-corrected chi connectivity index (χ1v) is 10.9. The van der Waals surface area contributed by atoms with E-state index in [9.17, 15) is 9.59 Å². The maximum Gasteiger partial charge on any atom is 0.279 e. The number of thiophene rings is 1. The molecule has 152 valence electrons. The number of carbonyl (C=O) groups is 1. The first-order valence-electron chi connectivity index (χ1n) is 9.66. The first kappa shape index (κ1) is 20.0. The summed E-state index contributed by atoms with van der Waals surface area (Å²) in [4.78, 5) is 27.3. The molecule has 1 aliphatic carbocycles. The number of amides is 1. The standard InChI is InChI=1S/C21H23ClN4O2S/c1-21(2,3)12-7-8-15-16(9-12)29-19-18(15)20(28)26(25-24-19)11-17(27)23-14-6-4-5-13(22)10-14/h4-6,10,12H,7-9,11H2,1-3H3,(H,23,27). The topological polar surface area (TPSA) is 76.9 Å². The molecule has 1 amide bonds. The lowest BCUT2D eigenvalue weighted by Gasteiger charge is -2.33. The molecule has 1 atom stereocenters. The lowest BCUT2D eigenvalue weighted by Crippen LogP contribution is -2.31. The number of halogens is 1. The summed E-state index contributed by atoms with van der Waals surface area (Å²) in [6, 6.07) is 6.86. The van der Waals surface area contributed by atoms with E-state index in [4.69, 9.17) is 11.6 Å². The van der Waals surface area contributed by atoms with Crippen molar-refractivity contribution < 1.29 is 4.79 Å². The highest BCUT2D eigenvalue weighted by Crippen LogP contribution is 2.41. The van der Waals surface area contributed by atoms with Crippen molar-refractivity contribution >= 4 is 44.7 Å². The highest BCUT2D eigenvalue weighted by molar-refractivity contribution is 7.18. The fraction of sp³-hybridized carbons (Fsp3) is 0.429. The predicted molar refractivity (Wildman–Crippen MR) is 117 cm³/mol. The van der Waals surface area contributed by atoms with E-state index in [1.807, 2.05) is 0 Å². The van der Waals surface area contributed by atoms with Gasteiger partial charge in [0.25, 0.3) is 5.56 Å². The molecule has 29 heavy (non-hydrogen) atoms. The zero-order valence-electron chi connectivity index (χ0n) is 16.7. The molecule has 2 aromatic heterocycles. The molecule has 6 nitrogen and oxygen atoms in total. The lowest BCUT2D eigenvalue weighted by atomic mass is 9.72. The number of aryl methyl sites for hydroxylation is 1. The zero-order valence-corrected chi connectivity index (χ0v) is 18.2. The van der Waals surface area contributed by atoms with Crippen molar-refractivity contribution in [3.05, 3.63) is 50.1 Å². The van der Waals surface area contributed by atoms with Gasteiger partial charge in [0.2, 0.25) is 5.91 Å². The predicted octanol–water partition coefficient (Wildman–Crippen LogP) is 4.30. The highest BCUT2D eigenvalue weighted by atomic mass is 35.5. The fourth-order valence-electron chi connectivity index (χ4n) is 3.87. The zero-order chi connectivity index (χ0) is 20.8. The largest absolute Gasteiger partial charge is 0.324 e. The average Bonchev–Trinajstić information content (AvgIpc) is 3.01. The second-order valence-electron chi connectivity index (χ2n) is 8.60. The van der Waals surface area contributed by atoms with Gasteiger partial charge in [-0.3, -0.25) is 9.59 Å². The van der Waals surface area contributed by atoms with Crippen LogP contribution in [0.15, 0.2) is 29.1 Å². The Morgan fingerprint density at radius 1 is 1.38 bits per heavy atom. The van der Waals surface area contributed by atoms with Crippen LogP contribution in [0.5, 0.6) is 0 Å². The number of fused-ring (bicyclic) bond motifs is 3. The van der Waals surface area contributed by atoms with Crippen molar-refractivity contribution in [1.29, 1.82) is 0 Å². The van der Waals surface area contributed by atoms with Crippen LogP contribution in [-0.2, 0) is 24.2 Å². The van der Waals surface area contributed by atoms with Gasteiger partial charge in [-0.2, -0.15) is 0 Å². The molecule has 0 saturated heterocycles. The maximum absolute atomic E-state index is 13.0. The van der Waals surface area contributed by atoms with Crippen LogP contribution in [0.4, 0.5) is 5.69 Å². The molecular weight excluding hydrogens is 408 g/mol. The number of benzene rings is 1. The fourth-order valence-corrected chi connectivity index (χ4v) is 5.30. The Balaban J connectivity index is 1.60. The van der Waals surface area contributed by atoms with Gasteiger partial charge in [-0.15, -0.1) is 16.4 Å². The van der Waals surface area contributed by atoms with Crippen LogP contribution in [0, 0.1) is 11.3 Å². The minimum atomic E-state index is -0.347. The van der Waals surface area contributed by atoms with Gasteiger partial charge in [-0.25, -0.2) is 4.68 Å². The average molecular weight is 431 g/mol. The first-order chi connectivity index (χ1) is 13.7. The number of aromatic nitrogens is 3. The number of hydrogen-bond donors (Lipinski definition) is 1. The molecule has 1 N–H and O–H groups in total. The van der Waals surface area contributed by atoms with Gasteiger partial charge in [0, 0.05) is 15.6 Å². The molecular formula is C21H23ClN4O2S. The molecule has 0 fully saturated rings. The molecule has 0 radical (unpaired) electrons. The van der Waals surface area contributed by atoms with Crippen LogP contribution in [0.25, 0.3) is 10.2 Å². The molecule has 8 heteroatoms. The third-order valence-corrected chi connectivity index (χ3v) is 6.94. The second-order valence-corrected chi connectivity index (χ2v) is 10.1. The molecule has 1 aromatic carbocycles. The van der Waals surface area contributed by atoms with Crippen LogP contribution in [-0.4, -0.2) is 20.9 Å². The smallest absolute Gasteiger partial charge is 0.279 e. The molecule has 1 aliphatic rings. The Labute approximate surface area is 177 Å². The summed E-state index contributed by atoms with van der Waals surface area (Å²) in [7, 11) is 0. The minimum absolute atomic E-state index is 0.191. The number of anilines is 1. The van der Waals surface area contributed by atoms with Gasteiger partial charge in [-0.05, 0) is 54.4 Å². The van der Waals surface area contributed by atoms with Gasteiger partial charge < -0.3 is 5.32 Å². The van der Waals surface area contributed by atoms with E-state index >= 15 is 0 Å². The van der Waals surface area contributed by atoms with Crippen molar-refractivity contribution in [1.82, 2.24) is 15.0 Å². The van der Waals surface area contributed by atoms with Crippen LogP contribution in [0.1, 0.15) is 37.6 Å². The summed E-state index contributed by atoms with van der Waals surface area (Å²) in [6.07, 6.45) is 2.89. The number of carbonyl (C=O) groups excluding carboxylic acids is 1. The van der Waals surface area contributed by atoms with Crippen LogP contribution >= 0.6 is 22.9 Å². The number of nitrogens with zero attached hydrogens (tertiary/aromatic N) is 3. The van der Waals surface area contributed by atoms with E-state index in [2.05, 4.69) is 36.4 Å². The third kappa shape index (κ3) is 4.07. The maximum atomic E-state index is 13.0. The molecule has 0 saturated carbocycles. The van der Waals surface area contributed by atoms with E-state index < -0.39 is 0 Å². The Morgan fingerprint density at radius 2 is 2.17 bits per heavy atom. The third-order valence-electron chi connectivity index (χ3n) is 5.57. The van der Waals surface area contributed by atoms with Crippen molar-refractivity contribution in [3.8, 4) is 0 Å². The molecule has 4 rings (SSSR count). The van der Waals surface area contributed by atoms with Gasteiger partial charge in [0.1, 0.15) is 6.54 Å². The van der Waals surface area contributed by atoms with Gasteiger partial charge in [0.05, 0.1) is 5.39 Å². The highest BCUT2D eigenvalue weighted by Gasteiger charge is 2.32. The molecule has 3 aromatic rings. The Hall–Kier alpha value is -2.25. The van der Waals surface area contributed by atoms with Gasteiger partial charge >= 0.3 is 0 Å². The summed E-state index contributed by atoms with van der Waals surface area (Å²) in [5, 5.41) is 12.1. The van der Waals surface area contributed by atoms with E-state index in [0.717, 1.165) is 29.5 Å². The summed E-state index contributed by atoms with van der Waals surface area (Å²) in [5.41, 5.74) is 1.65. The molecule has 0 spiro atoms. The summed E-state index contributed by atoms with van der Waals surface area (Å²) < 4.78 is 1.14. The second kappa shape index (κ2) is 7.54. The number of rotatable bonds is 3. The molecule has 0 bridgehead atoms. The molecule has 2 heterocycles. The minimum Gasteiger partial charge on any atom is -0.324 e. The number of nitrogens with one attached hydrogen (secondary N) is 1. The van der Waals surface area contributed by atoms with Crippen LogP contribution in [0.3, 0.4) is 0 Å². The van der Waals surface area contributed by atoms with E-state index in [1.165, 1.54) is 4.88 Å². The van der Waals surface area contributed by atoms with Crippen molar-refractivity contribution in [2.45, 2.75) is 46.6 Å². The van der Waals surface area contributed by atoms with E-state index in [1.54, 1.807) is 35.6 Å². The SMILES string of the molecule is CC(C)(C)C1CCc2c(sc3nnn(CC(=O)Nc4cccc(Cl)c4)c(=O)c23)C1. The summed E-state index contributed by atoms with van der Waals surface area (Å²) in [6.45, 7) is 6.60. The Kier molecular flexibility index (Phi) is 5.21.